The summed E-state index contributed by atoms with van der Waals surface area (Å²) in [4.78, 5) is 21.0. The number of carbonyl (C=O) groups excluding carboxylic acids is 1. The minimum Gasteiger partial charge on any atom is -0.449 e. The maximum atomic E-state index is 11.0. The van der Waals surface area contributed by atoms with Crippen molar-refractivity contribution in [3.05, 3.63) is 0 Å². The molecule has 0 aliphatic heterocycles. The molecule has 0 saturated heterocycles. The molecule has 13 heavy (non-hydrogen) atoms. The predicted octanol–water partition coefficient (Wildman–Crippen LogP) is 2.59. The van der Waals surface area contributed by atoms with Crippen LogP contribution in [0.3, 0.4) is 0 Å². The van der Waals surface area contributed by atoms with Crippen molar-refractivity contribution >= 4 is 33.8 Å². The summed E-state index contributed by atoms with van der Waals surface area (Å²) in [7, 11) is 1.13. The maximum absolute atomic E-state index is 11.0. The second kappa shape index (κ2) is 6.15. The van der Waals surface area contributed by atoms with Crippen LogP contribution >= 0.6 is 21.9 Å². The minimum atomic E-state index is -1.34. The number of hydrogen-bond donors (Lipinski definition) is 1. The van der Waals surface area contributed by atoms with E-state index in [0.717, 1.165) is 21.9 Å². The first-order chi connectivity index (χ1) is 5.95. The normalized spacial score (nSPS) is 12.6. The summed E-state index contributed by atoms with van der Waals surface area (Å²) >= 11 is 0.722. The third-order valence-corrected chi connectivity index (χ3v) is 3.69. The van der Waals surface area contributed by atoms with E-state index in [1.54, 1.807) is 0 Å². The van der Waals surface area contributed by atoms with Crippen LogP contribution in [0.1, 0.15) is 20.8 Å². The first-order valence-corrected chi connectivity index (χ1v) is 5.82. The second-order valence-corrected chi connectivity index (χ2v) is 4.78. The molecule has 0 aliphatic carbocycles. The molecule has 0 aromatic heterocycles. The molecular weight excluding hydrogens is 212 g/mol. The quantitative estimate of drug-likeness (QED) is 0.572. The molecule has 0 amide bonds. The lowest BCUT2D eigenvalue weighted by atomic mass is 10.1. The average molecular weight is 224 g/mol. The number of carboxylic acid groups (broad SMARTS) is 1. The number of hydrogen-bond acceptors (Lipinski definition) is 5. The zero-order valence-corrected chi connectivity index (χ0v) is 9.28. The Balaban J connectivity index is 3.84. The largest absolute Gasteiger partial charge is 0.519 e. The first kappa shape index (κ1) is 12.6. The molecule has 0 saturated carbocycles. The average Bonchev–Trinajstić information content (AvgIpc) is 1.95. The van der Waals surface area contributed by atoms with Crippen molar-refractivity contribution in [3.8, 4) is 0 Å². The monoisotopic (exact) mass is 224 g/mol. The van der Waals surface area contributed by atoms with Gasteiger partial charge in [-0.1, -0.05) is 13.8 Å². The molecule has 0 radical (unpaired) electrons. The smallest absolute Gasteiger partial charge is 0.449 e. The fourth-order valence-corrected chi connectivity index (χ4v) is 2.90. The predicted molar refractivity (Wildman–Crippen MR) is 53.6 cm³/mol. The van der Waals surface area contributed by atoms with Gasteiger partial charge in [0.05, 0.1) is 5.25 Å². The number of rotatable bonds is 5. The van der Waals surface area contributed by atoms with Gasteiger partial charge in [-0.05, 0) is 23.6 Å². The van der Waals surface area contributed by atoms with E-state index in [1.807, 2.05) is 13.8 Å². The lowest BCUT2D eigenvalue weighted by molar-refractivity contribution is -0.117. The molecule has 0 aromatic carbocycles. The van der Waals surface area contributed by atoms with Crippen LogP contribution in [-0.2, 0) is 8.98 Å². The van der Waals surface area contributed by atoms with Crippen LogP contribution in [0.2, 0.25) is 0 Å². The van der Waals surface area contributed by atoms with Crippen LogP contribution in [0.15, 0.2) is 0 Å². The molecule has 76 valence electrons. The summed E-state index contributed by atoms with van der Waals surface area (Å²) in [5.74, 6) is 0.203. The highest BCUT2D eigenvalue weighted by Crippen LogP contribution is 2.32. The molecule has 0 heterocycles. The molecular formula is C7H12O4S2. The van der Waals surface area contributed by atoms with Crippen molar-refractivity contribution < 1.29 is 18.9 Å². The zero-order valence-electron chi connectivity index (χ0n) is 7.64. The van der Waals surface area contributed by atoms with Gasteiger partial charge in [0, 0.05) is 0 Å². The van der Waals surface area contributed by atoms with Gasteiger partial charge in [-0.25, -0.2) is 4.79 Å². The summed E-state index contributed by atoms with van der Waals surface area (Å²) in [6.45, 7) is 5.29. The van der Waals surface area contributed by atoms with E-state index in [2.05, 4.69) is 4.18 Å². The van der Waals surface area contributed by atoms with Crippen molar-refractivity contribution in [3.63, 3.8) is 0 Å². The highest BCUT2D eigenvalue weighted by molar-refractivity contribution is 8.75. The lowest BCUT2D eigenvalue weighted by Gasteiger charge is -2.14. The molecule has 0 fully saturated rings. The van der Waals surface area contributed by atoms with E-state index in [1.165, 1.54) is 6.92 Å². The van der Waals surface area contributed by atoms with Crippen molar-refractivity contribution in [1.82, 2.24) is 0 Å². The van der Waals surface area contributed by atoms with Gasteiger partial charge in [-0.15, -0.1) is 0 Å². The molecule has 0 aromatic rings. The third kappa shape index (κ3) is 5.81. The van der Waals surface area contributed by atoms with Gasteiger partial charge in [-0.2, -0.15) is 0 Å². The Labute approximate surface area is 85.0 Å². The van der Waals surface area contributed by atoms with Crippen LogP contribution in [0.4, 0.5) is 4.79 Å². The number of Topliss-reactive ketones (excluding diaryl/α,β-unsaturated/α-hetero) is 1. The number of carbonyl (C=O) groups is 2. The van der Waals surface area contributed by atoms with Gasteiger partial charge in [0.2, 0.25) is 0 Å². The maximum Gasteiger partial charge on any atom is 0.519 e. The van der Waals surface area contributed by atoms with Crippen molar-refractivity contribution in [2.24, 2.45) is 5.92 Å². The van der Waals surface area contributed by atoms with Gasteiger partial charge in [0.15, 0.2) is 0 Å². The van der Waals surface area contributed by atoms with Crippen molar-refractivity contribution in [1.29, 1.82) is 0 Å². The van der Waals surface area contributed by atoms with Gasteiger partial charge >= 0.3 is 6.16 Å². The summed E-state index contributed by atoms with van der Waals surface area (Å²) in [5.41, 5.74) is 0. The summed E-state index contributed by atoms with van der Waals surface area (Å²) in [5, 5.41) is 7.94. The molecule has 0 bridgehead atoms. The summed E-state index contributed by atoms with van der Waals surface area (Å²) in [6, 6.07) is 0. The zero-order chi connectivity index (χ0) is 10.4. The molecule has 1 N–H and O–H groups in total. The van der Waals surface area contributed by atoms with E-state index in [-0.39, 0.29) is 17.0 Å². The Morgan fingerprint density at radius 2 is 1.92 bits per heavy atom. The van der Waals surface area contributed by atoms with Gasteiger partial charge < -0.3 is 9.29 Å². The summed E-state index contributed by atoms with van der Waals surface area (Å²) < 4.78 is 4.22. The van der Waals surface area contributed by atoms with Crippen molar-refractivity contribution in [2.45, 2.75) is 26.0 Å². The van der Waals surface area contributed by atoms with Crippen LogP contribution in [0.5, 0.6) is 0 Å². The Morgan fingerprint density at radius 1 is 1.38 bits per heavy atom. The second-order valence-electron chi connectivity index (χ2n) is 2.79. The molecule has 0 rings (SSSR count). The standard InChI is InChI=1S/C7H12O4S2/c1-4(2)6(5(3)8)12-13-11-7(9)10/h4,6H,1-3H3,(H,9,10). The Kier molecular flexibility index (Phi) is 5.98. The Morgan fingerprint density at radius 3 is 2.23 bits per heavy atom. The minimum absolute atomic E-state index is 0.0292. The van der Waals surface area contributed by atoms with E-state index < -0.39 is 6.16 Å². The molecule has 6 heteroatoms. The van der Waals surface area contributed by atoms with E-state index in [4.69, 9.17) is 5.11 Å². The third-order valence-electron chi connectivity index (χ3n) is 1.25. The lowest BCUT2D eigenvalue weighted by Crippen LogP contribution is -2.19. The molecule has 0 spiro atoms. The summed E-state index contributed by atoms with van der Waals surface area (Å²) in [6.07, 6.45) is -1.34. The highest BCUT2D eigenvalue weighted by atomic mass is 33.1. The van der Waals surface area contributed by atoms with Crippen LogP contribution < -0.4 is 0 Å². The number of ketones is 1. The Bertz CT molecular complexity index is 193. The molecule has 0 aliphatic rings. The van der Waals surface area contributed by atoms with E-state index in [9.17, 15) is 9.59 Å². The molecule has 1 atom stereocenters. The van der Waals surface area contributed by atoms with Crippen molar-refractivity contribution in [2.75, 3.05) is 0 Å². The van der Waals surface area contributed by atoms with E-state index >= 15 is 0 Å². The SMILES string of the molecule is CC(=O)C(SSOC(=O)O)C(C)C. The highest BCUT2D eigenvalue weighted by Gasteiger charge is 2.20. The van der Waals surface area contributed by atoms with Gasteiger partial charge in [-0.3, -0.25) is 4.79 Å². The van der Waals surface area contributed by atoms with Crippen LogP contribution in [0.25, 0.3) is 0 Å². The topological polar surface area (TPSA) is 63.6 Å². The van der Waals surface area contributed by atoms with Crippen LogP contribution in [0, 0.1) is 5.92 Å². The van der Waals surface area contributed by atoms with Gasteiger partial charge in [0.25, 0.3) is 0 Å². The fraction of sp³-hybridized carbons (Fsp3) is 0.714. The Hall–Kier alpha value is -0.360. The van der Waals surface area contributed by atoms with Crippen LogP contribution in [-0.4, -0.2) is 22.3 Å². The molecule has 1 unspecified atom stereocenters. The fourth-order valence-electron chi connectivity index (χ4n) is 0.739. The molecule has 4 nitrogen and oxygen atoms in total. The first-order valence-electron chi connectivity index (χ1n) is 3.68. The van der Waals surface area contributed by atoms with E-state index in [0.29, 0.717) is 0 Å². The van der Waals surface area contributed by atoms with Gasteiger partial charge in [0.1, 0.15) is 16.9 Å².